The summed E-state index contributed by atoms with van der Waals surface area (Å²) in [6, 6.07) is 9.30. The van der Waals surface area contributed by atoms with Crippen molar-refractivity contribution >= 4 is 23.7 Å². The van der Waals surface area contributed by atoms with Gasteiger partial charge in [0.1, 0.15) is 12.1 Å². The van der Waals surface area contributed by atoms with Crippen LogP contribution < -0.4 is 0 Å². The number of ether oxygens (including phenoxy) is 2. The molecule has 0 saturated carbocycles. The monoisotopic (exact) mass is 374 g/mol. The number of esters is 1. The summed E-state index contributed by atoms with van der Waals surface area (Å²) >= 11 is 0. The largest absolute Gasteiger partial charge is 0.469 e. The van der Waals surface area contributed by atoms with Gasteiger partial charge in [-0.2, -0.15) is 0 Å². The molecule has 1 aliphatic heterocycles. The van der Waals surface area contributed by atoms with E-state index in [4.69, 9.17) is 9.47 Å². The number of benzene rings is 1. The van der Waals surface area contributed by atoms with Crippen LogP contribution in [0.5, 0.6) is 0 Å². The molecule has 0 spiro atoms. The van der Waals surface area contributed by atoms with Crippen molar-refractivity contribution in [2.75, 3.05) is 27.2 Å². The summed E-state index contributed by atoms with van der Waals surface area (Å²) in [4.78, 5) is 40.2. The van der Waals surface area contributed by atoms with Gasteiger partial charge in [0.2, 0.25) is 5.91 Å². The zero-order chi connectivity index (χ0) is 20.2. The molecule has 1 atom stereocenters. The van der Waals surface area contributed by atoms with Crippen LogP contribution in [-0.4, -0.2) is 60.6 Å². The van der Waals surface area contributed by atoms with Crippen LogP contribution in [0.4, 0.5) is 4.79 Å². The highest BCUT2D eigenvalue weighted by atomic mass is 16.6. The summed E-state index contributed by atoms with van der Waals surface area (Å²) in [5.41, 5.74) is 0.688. The van der Waals surface area contributed by atoms with E-state index in [-0.39, 0.29) is 19.0 Å². The fraction of sp³-hybridized carbons (Fsp3) is 0.450. The molecule has 0 bridgehead atoms. The zero-order valence-electron chi connectivity index (χ0n) is 16.4. The van der Waals surface area contributed by atoms with E-state index in [1.165, 1.54) is 16.9 Å². The van der Waals surface area contributed by atoms with Gasteiger partial charge in [-0.15, -0.1) is 0 Å². The molecule has 2 rings (SSSR count). The van der Waals surface area contributed by atoms with Crippen molar-refractivity contribution in [1.82, 2.24) is 9.80 Å². The minimum atomic E-state index is -0.728. The number of carbonyl (C=O) groups excluding carboxylic acids is 3. The molecule has 2 amide bonds. The number of carbonyl (C=O) groups is 3. The van der Waals surface area contributed by atoms with E-state index < -0.39 is 23.6 Å². The van der Waals surface area contributed by atoms with Crippen molar-refractivity contribution in [3.05, 3.63) is 42.0 Å². The van der Waals surface area contributed by atoms with Crippen LogP contribution in [0.2, 0.25) is 0 Å². The standard InChI is InChI=1S/C20H26N2O5/c1-20(2,3)27-19(25)22-12-15(18(24)26-5)11-16(21(4)17(23)13-22)14-9-7-6-8-10-14/h6-11,15H,12-13H2,1-5H3/b16-11-. The van der Waals surface area contributed by atoms with Gasteiger partial charge >= 0.3 is 12.1 Å². The lowest BCUT2D eigenvalue weighted by atomic mass is 10.0. The van der Waals surface area contributed by atoms with E-state index in [0.717, 1.165) is 5.56 Å². The molecule has 0 fully saturated rings. The molecular formula is C20H26N2O5. The normalized spacial score (nSPS) is 20.3. The van der Waals surface area contributed by atoms with Gasteiger partial charge in [-0.25, -0.2) is 4.79 Å². The summed E-state index contributed by atoms with van der Waals surface area (Å²) in [7, 11) is 2.91. The summed E-state index contributed by atoms with van der Waals surface area (Å²) in [5, 5.41) is 0. The lowest BCUT2D eigenvalue weighted by Gasteiger charge is -2.33. The summed E-state index contributed by atoms with van der Waals surface area (Å²) in [5.74, 6) is -1.49. The highest BCUT2D eigenvalue weighted by Crippen LogP contribution is 2.24. The van der Waals surface area contributed by atoms with E-state index in [1.54, 1.807) is 33.9 Å². The van der Waals surface area contributed by atoms with E-state index in [2.05, 4.69) is 0 Å². The molecular weight excluding hydrogens is 348 g/mol. The van der Waals surface area contributed by atoms with Crippen molar-refractivity contribution in [3.8, 4) is 0 Å². The molecule has 0 aromatic heterocycles. The van der Waals surface area contributed by atoms with Crippen LogP contribution in [0, 0.1) is 5.92 Å². The fourth-order valence-electron chi connectivity index (χ4n) is 2.72. The van der Waals surface area contributed by atoms with Crippen molar-refractivity contribution in [2.24, 2.45) is 5.92 Å². The fourth-order valence-corrected chi connectivity index (χ4v) is 2.72. The molecule has 1 aromatic rings. The first-order chi connectivity index (χ1) is 12.6. The second-order valence-electron chi connectivity index (χ2n) is 7.36. The van der Waals surface area contributed by atoms with Crippen LogP contribution in [0.3, 0.4) is 0 Å². The third kappa shape index (κ3) is 5.32. The molecule has 0 saturated heterocycles. The molecule has 0 N–H and O–H groups in total. The minimum Gasteiger partial charge on any atom is -0.469 e. The first-order valence-corrected chi connectivity index (χ1v) is 8.72. The lowest BCUT2D eigenvalue weighted by Crippen LogP contribution is -2.47. The minimum absolute atomic E-state index is 0.00248. The lowest BCUT2D eigenvalue weighted by molar-refractivity contribution is -0.145. The summed E-state index contributed by atoms with van der Waals surface area (Å²) < 4.78 is 10.3. The Labute approximate surface area is 159 Å². The second-order valence-corrected chi connectivity index (χ2v) is 7.36. The third-order valence-electron chi connectivity index (χ3n) is 4.06. The average Bonchev–Trinajstić information content (AvgIpc) is 2.60. The number of rotatable bonds is 2. The molecule has 0 aliphatic carbocycles. The topological polar surface area (TPSA) is 76.2 Å². The first-order valence-electron chi connectivity index (χ1n) is 8.72. The molecule has 7 heteroatoms. The van der Waals surface area contributed by atoms with E-state index >= 15 is 0 Å². The average molecular weight is 374 g/mol. The highest BCUT2D eigenvalue weighted by molar-refractivity contribution is 5.92. The Bertz CT molecular complexity index is 736. The number of methoxy groups -OCH3 is 1. The van der Waals surface area contributed by atoms with Gasteiger partial charge in [0.05, 0.1) is 13.0 Å². The van der Waals surface area contributed by atoms with Gasteiger partial charge in [-0.1, -0.05) is 30.3 Å². The van der Waals surface area contributed by atoms with Crippen molar-refractivity contribution in [1.29, 1.82) is 0 Å². The molecule has 1 aliphatic rings. The second kappa shape index (κ2) is 8.24. The molecule has 7 nitrogen and oxygen atoms in total. The Balaban J connectivity index is 2.42. The number of hydrogen-bond donors (Lipinski definition) is 0. The maximum atomic E-state index is 12.7. The van der Waals surface area contributed by atoms with Gasteiger partial charge in [0.25, 0.3) is 0 Å². The predicted octanol–water partition coefficient (Wildman–Crippen LogP) is 2.53. The highest BCUT2D eigenvalue weighted by Gasteiger charge is 2.33. The summed E-state index contributed by atoms with van der Waals surface area (Å²) in [6.45, 7) is 5.04. The quantitative estimate of drug-likeness (QED) is 0.744. The van der Waals surface area contributed by atoms with Gasteiger partial charge in [0, 0.05) is 19.3 Å². The maximum Gasteiger partial charge on any atom is 0.410 e. The number of hydrogen-bond acceptors (Lipinski definition) is 5. The Hall–Kier alpha value is -2.83. The Kier molecular flexibility index (Phi) is 6.25. The van der Waals surface area contributed by atoms with Crippen LogP contribution in [0.25, 0.3) is 5.70 Å². The smallest absolute Gasteiger partial charge is 0.410 e. The summed E-state index contributed by atoms with van der Waals surface area (Å²) in [6.07, 6.45) is 1.02. The van der Waals surface area contributed by atoms with Crippen LogP contribution in [-0.2, 0) is 19.1 Å². The van der Waals surface area contributed by atoms with Gasteiger partial charge in [0.15, 0.2) is 0 Å². The van der Waals surface area contributed by atoms with Gasteiger partial charge in [-0.05, 0) is 32.4 Å². The van der Waals surface area contributed by atoms with Crippen molar-refractivity contribution in [3.63, 3.8) is 0 Å². The Morgan fingerprint density at radius 1 is 1.15 bits per heavy atom. The van der Waals surface area contributed by atoms with Crippen molar-refractivity contribution < 1.29 is 23.9 Å². The Morgan fingerprint density at radius 3 is 2.33 bits per heavy atom. The molecule has 1 aromatic carbocycles. The first kappa shape index (κ1) is 20.5. The third-order valence-corrected chi connectivity index (χ3v) is 4.06. The van der Waals surface area contributed by atoms with Crippen LogP contribution in [0.15, 0.2) is 36.4 Å². The number of likely N-dealkylation sites (N-methyl/N-ethyl adjacent to an activating group) is 1. The predicted molar refractivity (Wildman–Crippen MR) is 101 cm³/mol. The molecule has 27 heavy (non-hydrogen) atoms. The SMILES string of the molecule is COC(=O)C1/C=C(/c2ccccc2)N(C)C(=O)CN(C(=O)OC(C)(C)C)C1. The van der Waals surface area contributed by atoms with Crippen LogP contribution >= 0.6 is 0 Å². The van der Waals surface area contributed by atoms with Gasteiger partial charge < -0.3 is 14.4 Å². The molecule has 0 radical (unpaired) electrons. The number of nitrogens with zero attached hydrogens (tertiary/aromatic N) is 2. The zero-order valence-corrected chi connectivity index (χ0v) is 16.4. The van der Waals surface area contributed by atoms with Crippen LogP contribution in [0.1, 0.15) is 26.3 Å². The Morgan fingerprint density at radius 2 is 1.78 bits per heavy atom. The van der Waals surface area contributed by atoms with E-state index in [0.29, 0.717) is 5.70 Å². The molecule has 1 heterocycles. The van der Waals surface area contributed by atoms with E-state index in [1.807, 2.05) is 30.3 Å². The van der Waals surface area contributed by atoms with Crippen molar-refractivity contribution in [2.45, 2.75) is 26.4 Å². The maximum absolute atomic E-state index is 12.7. The van der Waals surface area contributed by atoms with E-state index in [9.17, 15) is 14.4 Å². The number of amides is 2. The molecule has 1 unspecified atom stereocenters. The molecule has 146 valence electrons. The van der Waals surface area contributed by atoms with Gasteiger partial charge in [-0.3, -0.25) is 14.5 Å².